The van der Waals surface area contributed by atoms with E-state index in [9.17, 15) is 16.8 Å². The largest absolute Gasteiger partial charge is 0.298 e. The number of piperidine rings is 1. The molecule has 7 heteroatoms. The third kappa shape index (κ3) is 3.53. The van der Waals surface area contributed by atoms with E-state index in [0.717, 1.165) is 44.3 Å². The molecule has 0 aliphatic carbocycles. The van der Waals surface area contributed by atoms with Gasteiger partial charge in [0.2, 0.25) is 0 Å². The van der Waals surface area contributed by atoms with Crippen molar-refractivity contribution in [3.8, 4) is 0 Å². The highest BCUT2D eigenvalue weighted by Crippen LogP contribution is 2.30. The van der Waals surface area contributed by atoms with Gasteiger partial charge in [-0.3, -0.25) is 4.90 Å². The molecule has 1 aromatic rings. The van der Waals surface area contributed by atoms with Gasteiger partial charge in [0.25, 0.3) is 0 Å². The molecule has 0 bridgehead atoms. The summed E-state index contributed by atoms with van der Waals surface area (Å²) in [5, 5.41) is -0.854. The first-order valence-corrected chi connectivity index (χ1v) is 12.0. The molecule has 2 aliphatic rings. The van der Waals surface area contributed by atoms with Crippen molar-refractivity contribution in [3.63, 3.8) is 0 Å². The Morgan fingerprint density at radius 3 is 2.25 bits per heavy atom. The van der Waals surface area contributed by atoms with Crippen molar-refractivity contribution in [3.05, 3.63) is 29.8 Å². The second-order valence-corrected chi connectivity index (χ2v) is 11.1. The molecule has 24 heavy (non-hydrogen) atoms. The summed E-state index contributed by atoms with van der Waals surface area (Å²) in [7, 11) is -6.97. The van der Waals surface area contributed by atoms with Crippen LogP contribution in [0.15, 0.2) is 29.2 Å². The molecule has 0 amide bonds. The molecule has 2 aliphatic heterocycles. The van der Waals surface area contributed by atoms with Crippen molar-refractivity contribution < 1.29 is 16.8 Å². The summed E-state index contributed by atoms with van der Waals surface area (Å²) in [5.74, 6) is -0.296. The number of hydrogen-bond donors (Lipinski definition) is 0. The number of aryl methyl sites for hydroxylation is 1. The summed E-state index contributed by atoms with van der Waals surface area (Å²) in [4.78, 5) is 2.32. The molecule has 0 unspecified atom stereocenters. The average molecular weight is 372 g/mol. The maximum atomic E-state index is 13.1. The highest BCUT2D eigenvalue weighted by atomic mass is 32.2. The predicted octanol–water partition coefficient (Wildman–Crippen LogP) is 1.67. The molecule has 2 saturated heterocycles. The molecule has 2 atom stereocenters. The van der Waals surface area contributed by atoms with Crippen LogP contribution in [0.1, 0.15) is 31.7 Å². The van der Waals surface area contributed by atoms with Gasteiger partial charge in [0.1, 0.15) is 0 Å². The van der Waals surface area contributed by atoms with Crippen LogP contribution >= 0.6 is 0 Å². The summed E-state index contributed by atoms with van der Waals surface area (Å²) in [6.45, 7) is 3.60. The third-order valence-corrected chi connectivity index (χ3v) is 9.32. The van der Waals surface area contributed by atoms with Crippen molar-refractivity contribution in [2.24, 2.45) is 0 Å². The lowest BCUT2D eigenvalue weighted by Gasteiger charge is -2.34. The number of sulfone groups is 2. The highest BCUT2D eigenvalue weighted by Gasteiger charge is 2.48. The van der Waals surface area contributed by atoms with Gasteiger partial charge in [0.05, 0.1) is 21.7 Å². The van der Waals surface area contributed by atoms with E-state index in [-0.39, 0.29) is 16.4 Å². The Morgan fingerprint density at radius 1 is 1.04 bits per heavy atom. The van der Waals surface area contributed by atoms with E-state index >= 15 is 0 Å². The molecule has 3 rings (SSSR count). The van der Waals surface area contributed by atoms with Gasteiger partial charge in [-0.25, -0.2) is 16.8 Å². The quantitative estimate of drug-likeness (QED) is 0.805. The molecule has 0 spiro atoms. The van der Waals surface area contributed by atoms with Crippen LogP contribution in [0, 0.1) is 0 Å². The number of hydrogen-bond acceptors (Lipinski definition) is 5. The Kier molecular flexibility index (Phi) is 5.04. The van der Waals surface area contributed by atoms with Crippen LogP contribution in [0.25, 0.3) is 0 Å². The van der Waals surface area contributed by atoms with Gasteiger partial charge in [-0.1, -0.05) is 25.5 Å². The fraction of sp³-hybridized carbons (Fsp3) is 0.647. The fourth-order valence-electron chi connectivity index (χ4n) is 3.77. The Balaban J connectivity index is 1.93. The molecular formula is C17H25NO4S2. The lowest BCUT2D eigenvalue weighted by atomic mass is 10.1. The Labute approximate surface area is 144 Å². The lowest BCUT2D eigenvalue weighted by molar-refractivity contribution is 0.178. The number of likely N-dealkylation sites (tertiary alicyclic amines) is 1. The minimum Gasteiger partial charge on any atom is -0.298 e. The first-order chi connectivity index (χ1) is 11.3. The van der Waals surface area contributed by atoms with E-state index in [0.29, 0.717) is 0 Å². The van der Waals surface area contributed by atoms with Crippen LogP contribution in [-0.4, -0.2) is 57.6 Å². The van der Waals surface area contributed by atoms with E-state index < -0.39 is 31.0 Å². The standard InChI is InChI=1S/C17H25NO4S2/c1-2-14-6-8-15(9-7-14)24(21,22)17-13-23(19,20)12-16(17)18-10-4-3-5-11-18/h6-9,16-17H,2-5,10-13H2,1H3/t16-,17+/m0/s1. The Hall–Kier alpha value is -0.920. The summed E-state index contributed by atoms with van der Waals surface area (Å²) in [6, 6.07) is 6.45. The van der Waals surface area contributed by atoms with Crippen molar-refractivity contribution in [1.82, 2.24) is 4.90 Å². The average Bonchev–Trinajstić information content (AvgIpc) is 2.92. The zero-order valence-electron chi connectivity index (χ0n) is 14.0. The lowest BCUT2D eigenvalue weighted by Crippen LogP contribution is -2.48. The van der Waals surface area contributed by atoms with Crippen LogP contribution in [0.5, 0.6) is 0 Å². The Bertz CT molecular complexity index is 778. The van der Waals surface area contributed by atoms with Crippen LogP contribution in [-0.2, 0) is 26.1 Å². The molecule has 0 aromatic heterocycles. The highest BCUT2D eigenvalue weighted by molar-refractivity contribution is 7.96. The molecule has 0 saturated carbocycles. The van der Waals surface area contributed by atoms with Crippen molar-refractivity contribution >= 4 is 19.7 Å². The smallest absolute Gasteiger partial charge is 0.183 e. The molecule has 5 nitrogen and oxygen atoms in total. The van der Waals surface area contributed by atoms with E-state index in [1.165, 1.54) is 0 Å². The number of nitrogens with zero attached hydrogens (tertiary/aromatic N) is 1. The predicted molar refractivity (Wildman–Crippen MR) is 94.7 cm³/mol. The summed E-state index contributed by atoms with van der Waals surface area (Å²) in [6.07, 6.45) is 3.99. The van der Waals surface area contributed by atoms with E-state index in [4.69, 9.17) is 0 Å². The molecule has 2 fully saturated rings. The minimum absolute atomic E-state index is 0.0378. The van der Waals surface area contributed by atoms with Crippen molar-refractivity contribution in [2.45, 2.75) is 48.8 Å². The van der Waals surface area contributed by atoms with Gasteiger partial charge in [0, 0.05) is 6.04 Å². The second-order valence-electron chi connectivity index (χ2n) is 6.82. The molecule has 2 heterocycles. The van der Waals surface area contributed by atoms with Gasteiger partial charge >= 0.3 is 0 Å². The Morgan fingerprint density at radius 2 is 1.67 bits per heavy atom. The molecule has 0 N–H and O–H groups in total. The van der Waals surface area contributed by atoms with Crippen molar-refractivity contribution in [1.29, 1.82) is 0 Å². The number of rotatable bonds is 4. The summed E-state index contributed by atoms with van der Waals surface area (Å²) >= 11 is 0. The van der Waals surface area contributed by atoms with E-state index in [1.54, 1.807) is 12.1 Å². The van der Waals surface area contributed by atoms with Crippen LogP contribution < -0.4 is 0 Å². The topological polar surface area (TPSA) is 71.5 Å². The van der Waals surface area contributed by atoms with Gasteiger partial charge in [-0.2, -0.15) is 0 Å². The fourth-order valence-corrected chi connectivity index (χ4v) is 8.60. The maximum absolute atomic E-state index is 13.1. The zero-order valence-corrected chi connectivity index (χ0v) is 15.7. The van der Waals surface area contributed by atoms with Crippen LogP contribution in [0.3, 0.4) is 0 Å². The SMILES string of the molecule is CCc1ccc(S(=O)(=O)[C@@H]2CS(=O)(=O)C[C@@H]2N2CCCCC2)cc1. The van der Waals surface area contributed by atoms with Gasteiger partial charge < -0.3 is 0 Å². The van der Waals surface area contributed by atoms with Crippen molar-refractivity contribution in [2.75, 3.05) is 24.6 Å². The first-order valence-electron chi connectivity index (χ1n) is 8.61. The van der Waals surface area contributed by atoms with Gasteiger partial charge in [-0.05, 0) is 50.0 Å². The number of benzene rings is 1. The normalized spacial score (nSPS) is 28.0. The van der Waals surface area contributed by atoms with Gasteiger partial charge in [-0.15, -0.1) is 0 Å². The zero-order chi connectivity index (χ0) is 17.4. The summed E-state index contributed by atoms with van der Waals surface area (Å²) < 4.78 is 50.5. The van der Waals surface area contributed by atoms with E-state index in [2.05, 4.69) is 4.90 Å². The first kappa shape index (κ1) is 17.9. The summed E-state index contributed by atoms with van der Waals surface area (Å²) in [5.41, 5.74) is 1.07. The monoisotopic (exact) mass is 371 g/mol. The third-order valence-electron chi connectivity index (χ3n) is 5.19. The van der Waals surface area contributed by atoms with Crippen LogP contribution in [0.2, 0.25) is 0 Å². The second kappa shape index (κ2) is 6.77. The van der Waals surface area contributed by atoms with Gasteiger partial charge in [0.15, 0.2) is 19.7 Å². The molecular weight excluding hydrogens is 346 g/mol. The molecule has 134 valence electrons. The minimum atomic E-state index is -3.65. The van der Waals surface area contributed by atoms with Crippen LogP contribution in [0.4, 0.5) is 0 Å². The molecule has 1 aromatic carbocycles. The maximum Gasteiger partial charge on any atom is 0.183 e. The van der Waals surface area contributed by atoms with E-state index in [1.807, 2.05) is 19.1 Å². The molecule has 0 radical (unpaired) electrons.